The van der Waals surface area contributed by atoms with Crippen molar-refractivity contribution in [1.29, 1.82) is 0 Å². The minimum atomic E-state index is 0.718. The van der Waals surface area contributed by atoms with E-state index in [0.717, 1.165) is 18.4 Å². The van der Waals surface area contributed by atoms with E-state index in [-0.39, 0.29) is 0 Å². The fourth-order valence-corrected chi connectivity index (χ4v) is 2.98. The number of benzene rings is 1. The Morgan fingerprint density at radius 1 is 1.12 bits per heavy atom. The molecule has 16 heavy (non-hydrogen) atoms. The molecule has 0 unspecified atom stereocenters. The molecule has 0 aromatic heterocycles. The first-order valence-corrected chi connectivity index (χ1v) is 6.35. The first-order chi connectivity index (χ1) is 7.81. The zero-order valence-corrected chi connectivity index (χ0v) is 9.78. The summed E-state index contributed by atoms with van der Waals surface area (Å²) in [5.74, 6) is 0. The third kappa shape index (κ3) is 1.61. The molecule has 0 atom stereocenters. The van der Waals surface area contributed by atoms with Gasteiger partial charge in [-0.05, 0) is 43.5 Å². The van der Waals surface area contributed by atoms with Crippen LogP contribution in [0.2, 0.25) is 0 Å². The van der Waals surface area contributed by atoms with Crippen LogP contribution in [-0.2, 0) is 6.42 Å². The van der Waals surface area contributed by atoms with Gasteiger partial charge in [-0.2, -0.15) is 0 Å². The molecule has 1 spiro atoms. The molecule has 1 saturated carbocycles. The lowest BCUT2D eigenvalue weighted by Crippen LogP contribution is -2.59. The maximum absolute atomic E-state index is 5.55. The highest BCUT2D eigenvalue weighted by Crippen LogP contribution is 2.49. The highest BCUT2D eigenvalue weighted by molar-refractivity contribution is 5.51. The van der Waals surface area contributed by atoms with Crippen molar-refractivity contribution < 1.29 is 0 Å². The van der Waals surface area contributed by atoms with Gasteiger partial charge in [0.05, 0.1) is 0 Å². The number of anilines is 1. The fraction of sp³-hybridized carbons (Fsp3) is 0.571. The van der Waals surface area contributed by atoms with Crippen LogP contribution in [0, 0.1) is 5.41 Å². The first kappa shape index (κ1) is 10.2. The topological polar surface area (TPSA) is 29.3 Å². The molecule has 1 aliphatic heterocycles. The molecule has 1 heterocycles. The Bertz CT molecular complexity index is 357. The standard InChI is InChI=1S/C14H20N2/c15-9-6-12-2-4-13(5-3-12)16-10-14(11-16)7-1-8-14/h2-5H,1,6-11,15H2. The van der Waals surface area contributed by atoms with Gasteiger partial charge in [0.1, 0.15) is 0 Å². The van der Waals surface area contributed by atoms with Crippen LogP contribution in [0.4, 0.5) is 5.69 Å². The van der Waals surface area contributed by atoms with E-state index >= 15 is 0 Å². The van der Waals surface area contributed by atoms with E-state index < -0.39 is 0 Å². The predicted molar refractivity (Wildman–Crippen MR) is 67.7 cm³/mol. The Hall–Kier alpha value is -1.02. The van der Waals surface area contributed by atoms with E-state index in [4.69, 9.17) is 5.73 Å². The van der Waals surface area contributed by atoms with Crippen molar-refractivity contribution in [2.45, 2.75) is 25.7 Å². The highest BCUT2D eigenvalue weighted by atomic mass is 15.2. The van der Waals surface area contributed by atoms with Crippen molar-refractivity contribution in [2.24, 2.45) is 11.1 Å². The van der Waals surface area contributed by atoms with E-state index in [1.165, 1.54) is 43.6 Å². The normalized spacial score (nSPS) is 21.7. The van der Waals surface area contributed by atoms with E-state index in [2.05, 4.69) is 29.2 Å². The van der Waals surface area contributed by atoms with Crippen molar-refractivity contribution >= 4 is 5.69 Å². The summed E-state index contributed by atoms with van der Waals surface area (Å²) in [6, 6.07) is 8.93. The average Bonchev–Trinajstić information content (AvgIpc) is 2.16. The van der Waals surface area contributed by atoms with Gasteiger partial charge in [-0.15, -0.1) is 0 Å². The lowest BCUT2D eigenvalue weighted by molar-refractivity contribution is 0.0904. The zero-order chi connectivity index (χ0) is 11.0. The van der Waals surface area contributed by atoms with Gasteiger partial charge in [-0.1, -0.05) is 18.6 Å². The monoisotopic (exact) mass is 216 g/mol. The summed E-state index contributed by atoms with van der Waals surface area (Å²) in [6.45, 7) is 3.30. The Labute approximate surface area is 97.4 Å². The Balaban J connectivity index is 1.63. The summed E-state index contributed by atoms with van der Waals surface area (Å²) in [7, 11) is 0. The van der Waals surface area contributed by atoms with E-state index in [1.807, 2.05) is 0 Å². The second-order valence-corrected chi connectivity index (χ2v) is 5.41. The molecule has 2 aliphatic rings. The van der Waals surface area contributed by atoms with Crippen molar-refractivity contribution in [3.05, 3.63) is 29.8 Å². The molecule has 1 aromatic carbocycles. The third-order valence-electron chi connectivity index (χ3n) is 4.20. The Morgan fingerprint density at radius 2 is 1.81 bits per heavy atom. The molecule has 3 rings (SSSR count). The third-order valence-corrected chi connectivity index (χ3v) is 4.20. The summed E-state index contributed by atoms with van der Waals surface area (Å²) >= 11 is 0. The van der Waals surface area contributed by atoms with E-state index in [0.29, 0.717) is 0 Å². The number of hydrogen-bond donors (Lipinski definition) is 1. The molecule has 86 valence electrons. The van der Waals surface area contributed by atoms with Crippen LogP contribution in [0.1, 0.15) is 24.8 Å². The molecule has 1 saturated heterocycles. The van der Waals surface area contributed by atoms with Gasteiger partial charge in [-0.3, -0.25) is 0 Å². The molecule has 0 amide bonds. The van der Waals surface area contributed by atoms with Crippen LogP contribution in [0.3, 0.4) is 0 Å². The molecule has 1 aliphatic carbocycles. The fourth-order valence-electron chi connectivity index (χ4n) is 2.98. The van der Waals surface area contributed by atoms with Crippen LogP contribution < -0.4 is 10.6 Å². The molecule has 0 radical (unpaired) electrons. The minimum Gasteiger partial charge on any atom is -0.370 e. The van der Waals surface area contributed by atoms with Crippen LogP contribution in [0.15, 0.2) is 24.3 Å². The van der Waals surface area contributed by atoms with Gasteiger partial charge in [0.15, 0.2) is 0 Å². The van der Waals surface area contributed by atoms with Gasteiger partial charge in [0, 0.05) is 24.2 Å². The second-order valence-electron chi connectivity index (χ2n) is 5.41. The molecule has 2 N–H and O–H groups in total. The quantitative estimate of drug-likeness (QED) is 0.839. The molecule has 2 fully saturated rings. The van der Waals surface area contributed by atoms with Gasteiger partial charge in [0.2, 0.25) is 0 Å². The molecular formula is C14H20N2. The van der Waals surface area contributed by atoms with Crippen LogP contribution in [0.5, 0.6) is 0 Å². The molecular weight excluding hydrogens is 196 g/mol. The summed E-state index contributed by atoms with van der Waals surface area (Å²) in [4.78, 5) is 2.51. The SMILES string of the molecule is NCCc1ccc(N2CC3(CCC3)C2)cc1. The highest BCUT2D eigenvalue weighted by Gasteiger charge is 2.47. The van der Waals surface area contributed by atoms with E-state index in [9.17, 15) is 0 Å². The van der Waals surface area contributed by atoms with Gasteiger partial charge in [-0.25, -0.2) is 0 Å². The number of rotatable bonds is 3. The maximum atomic E-state index is 5.55. The van der Waals surface area contributed by atoms with Gasteiger partial charge >= 0.3 is 0 Å². The predicted octanol–water partition coefficient (Wildman–Crippen LogP) is 2.18. The second kappa shape index (κ2) is 3.77. The van der Waals surface area contributed by atoms with Crippen LogP contribution in [0.25, 0.3) is 0 Å². The smallest absolute Gasteiger partial charge is 0.0366 e. The van der Waals surface area contributed by atoms with E-state index in [1.54, 1.807) is 0 Å². The summed E-state index contributed by atoms with van der Waals surface area (Å²) in [5.41, 5.74) is 9.00. The summed E-state index contributed by atoms with van der Waals surface area (Å²) in [6.07, 6.45) is 5.34. The van der Waals surface area contributed by atoms with Crippen LogP contribution >= 0.6 is 0 Å². The number of hydrogen-bond acceptors (Lipinski definition) is 2. The first-order valence-electron chi connectivity index (χ1n) is 6.35. The number of nitrogens with zero attached hydrogens (tertiary/aromatic N) is 1. The number of nitrogens with two attached hydrogens (primary N) is 1. The van der Waals surface area contributed by atoms with Crippen molar-refractivity contribution in [2.75, 3.05) is 24.5 Å². The molecule has 1 aromatic rings. The largest absolute Gasteiger partial charge is 0.370 e. The average molecular weight is 216 g/mol. The maximum Gasteiger partial charge on any atom is 0.0366 e. The van der Waals surface area contributed by atoms with Gasteiger partial charge in [0.25, 0.3) is 0 Å². The van der Waals surface area contributed by atoms with Crippen molar-refractivity contribution in [3.63, 3.8) is 0 Å². The Kier molecular flexibility index (Phi) is 2.40. The zero-order valence-electron chi connectivity index (χ0n) is 9.78. The molecule has 2 heteroatoms. The molecule has 0 bridgehead atoms. The minimum absolute atomic E-state index is 0.718. The van der Waals surface area contributed by atoms with Gasteiger partial charge < -0.3 is 10.6 Å². The summed E-state index contributed by atoms with van der Waals surface area (Å²) < 4.78 is 0. The lowest BCUT2D eigenvalue weighted by atomic mass is 9.63. The lowest BCUT2D eigenvalue weighted by Gasteiger charge is -2.57. The van der Waals surface area contributed by atoms with Crippen molar-refractivity contribution in [3.8, 4) is 0 Å². The van der Waals surface area contributed by atoms with Crippen molar-refractivity contribution in [1.82, 2.24) is 0 Å². The molecule has 2 nitrogen and oxygen atoms in total. The summed E-state index contributed by atoms with van der Waals surface area (Å²) in [5, 5.41) is 0. The van der Waals surface area contributed by atoms with Crippen LogP contribution in [-0.4, -0.2) is 19.6 Å². The Morgan fingerprint density at radius 3 is 2.31 bits per heavy atom.